The van der Waals surface area contributed by atoms with Crippen LogP contribution in [0.15, 0.2) is 40.5 Å². The molecule has 2 aromatic heterocycles. The van der Waals surface area contributed by atoms with Gasteiger partial charge in [0.2, 0.25) is 5.91 Å². The second kappa shape index (κ2) is 6.37. The van der Waals surface area contributed by atoms with Gasteiger partial charge < -0.3 is 5.32 Å². The number of rotatable bonds is 4. The second-order valence-corrected chi connectivity index (χ2v) is 6.19. The maximum absolute atomic E-state index is 11.4. The number of amides is 1. The lowest BCUT2D eigenvalue weighted by atomic mass is 10.3. The Morgan fingerprint density at radius 2 is 2.00 bits per heavy atom. The Balaban J connectivity index is 1.89. The van der Waals surface area contributed by atoms with Crippen LogP contribution in [0.25, 0.3) is 5.78 Å². The number of nitrogens with zero attached hydrogens (tertiary/aromatic N) is 4. The van der Waals surface area contributed by atoms with E-state index >= 15 is 0 Å². The topological polar surface area (TPSA) is 72.2 Å². The van der Waals surface area contributed by atoms with E-state index in [1.54, 1.807) is 16.3 Å². The SMILES string of the molecule is CCC(=O)Nc1ccc(Sc2c(C)c(C)nc3ncnn23)cc1. The fourth-order valence-corrected chi connectivity index (χ4v) is 3.10. The van der Waals surface area contributed by atoms with Crippen LogP contribution in [-0.4, -0.2) is 25.5 Å². The highest BCUT2D eigenvalue weighted by Crippen LogP contribution is 2.31. The fraction of sp³-hybridized carbons (Fsp3) is 0.250. The molecule has 7 heteroatoms. The van der Waals surface area contributed by atoms with E-state index < -0.39 is 0 Å². The van der Waals surface area contributed by atoms with Crippen molar-refractivity contribution in [1.82, 2.24) is 19.6 Å². The van der Waals surface area contributed by atoms with Gasteiger partial charge in [-0.25, -0.2) is 4.98 Å². The first-order valence-corrected chi connectivity index (χ1v) is 8.15. The third kappa shape index (κ3) is 3.19. The summed E-state index contributed by atoms with van der Waals surface area (Å²) in [6, 6.07) is 7.76. The summed E-state index contributed by atoms with van der Waals surface area (Å²) < 4.78 is 1.75. The molecule has 0 saturated heterocycles. The summed E-state index contributed by atoms with van der Waals surface area (Å²) >= 11 is 1.60. The van der Waals surface area contributed by atoms with Gasteiger partial charge in [-0.3, -0.25) is 4.79 Å². The summed E-state index contributed by atoms with van der Waals surface area (Å²) in [7, 11) is 0. The molecule has 6 nitrogen and oxygen atoms in total. The molecule has 1 N–H and O–H groups in total. The van der Waals surface area contributed by atoms with Crippen molar-refractivity contribution in [2.45, 2.75) is 37.1 Å². The van der Waals surface area contributed by atoms with Crippen LogP contribution in [0, 0.1) is 13.8 Å². The summed E-state index contributed by atoms with van der Waals surface area (Å²) in [5.74, 6) is 0.609. The van der Waals surface area contributed by atoms with Crippen LogP contribution in [0.3, 0.4) is 0 Å². The maximum atomic E-state index is 11.4. The number of anilines is 1. The number of aryl methyl sites for hydroxylation is 1. The van der Waals surface area contributed by atoms with Gasteiger partial charge in [-0.05, 0) is 38.1 Å². The monoisotopic (exact) mass is 327 g/mol. The van der Waals surface area contributed by atoms with Crippen molar-refractivity contribution in [1.29, 1.82) is 0 Å². The van der Waals surface area contributed by atoms with E-state index in [0.29, 0.717) is 12.2 Å². The fourth-order valence-electron chi connectivity index (χ4n) is 2.09. The lowest BCUT2D eigenvalue weighted by Crippen LogP contribution is -2.09. The summed E-state index contributed by atoms with van der Waals surface area (Å²) in [5.41, 5.74) is 2.82. The number of nitrogens with one attached hydrogen (secondary N) is 1. The van der Waals surface area contributed by atoms with Gasteiger partial charge in [-0.1, -0.05) is 18.7 Å². The molecule has 1 aromatic carbocycles. The predicted molar refractivity (Wildman–Crippen MR) is 89.7 cm³/mol. The molecule has 3 aromatic rings. The molecular weight excluding hydrogens is 310 g/mol. The first-order chi connectivity index (χ1) is 11.1. The predicted octanol–water partition coefficient (Wildman–Crippen LogP) is 3.24. The first-order valence-electron chi connectivity index (χ1n) is 7.33. The summed E-state index contributed by atoms with van der Waals surface area (Å²) in [4.78, 5) is 21.1. The zero-order valence-corrected chi connectivity index (χ0v) is 14.0. The van der Waals surface area contributed by atoms with Gasteiger partial charge in [-0.2, -0.15) is 14.6 Å². The van der Waals surface area contributed by atoms with Gasteiger partial charge >= 0.3 is 0 Å². The third-order valence-electron chi connectivity index (χ3n) is 3.53. The van der Waals surface area contributed by atoms with Crippen LogP contribution in [0.5, 0.6) is 0 Å². The Hall–Kier alpha value is -2.41. The van der Waals surface area contributed by atoms with Crippen molar-refractivity contribution in [3.05, 3.63) is 41.9 Å². The van der Waals surface area contributed by atoms with Crippen molar-refractivity contribution in [2.24, 2.45) is 0 Å². The highest BCUT2D eigenvalue weighted by atomic mass is 32.2. The second-order valence-electron chi connectivity index (χ2n) is 5.13. The van der Waals surface area contributed by atoms with Crippen molar-refractivity contribution in [2.75, 3.05) is 5.32 Å². The lowest BCUT2D eigenvalue weighted by Gasteiger charge is -2.10. The van der Waals surface area contributed by atoms with Crippen molar-refractivity contribution >= 4 is 29.1 Å². The molecule has 3 rings (SSSR count). The zero-order chi connectivity index (χ0) is 16.4. The molecule has 0 fully saturated rings. The summed E-state index contributed by atoms with van der Waals surface area (Å²) in [6.45, 7) is 5.83. The molecule has 0 bridgehead atoms. The molecule has 118 valence electrons. The summed E-state index contributed by atoms with van der Waals surface area (Å²) in [5, 5.41) is 8.09. The molecule has 0 radical (unpaired) electrons. The molecule has 0 spiro atoms. The number of hydrogen-bond acceptors (Lipinski definition) is 5. The molecule has 0 aliphatic heterocycles. The zero-order valence-electron chi connectivity index (χ0n) is 13.2. The van der Waals surface area contributed by atoms with Crippen LogP contribution in [0.4, 0.5) is 5.69 Å². The lowest BCUT2D eigenvalue weighted by molar-refractivity contribution is -0.115. The minimum absolute atomic E-state index is 0.00956. The smallest absolute Gasteiger partial charge is 0.253 e. The standard InChI is InChI=1S/C16H17N5OS/c1-4-14(22)20-12-5-7-13(8-6-12)23-15-10(2)11(3)19-16-17-9-18-21(15)16/h5-9H,4H2,1-3H3,(H,20,22). The van der Waals surface area contributed by atoms with Gasteiger partial charge in [0.25, 0.3) is 5.78 Å². The van der Waals surface area contributed by atoms with Crippen LogP contribution >= 0.6 is 11.8 Å². The first kappa shape index (κ1) is 15.5. The maximum Gasteiger partial charge on any atom is 0.253 e. The number of carbonyl (C=O) groups is 1. The average molecular weight is 327 g/mol. The van der Waals surface area contributed by atoms with Crippen LogP contribution in [0.1, 0.15) is 24.6 Å². The minimum Gasteiger partial charge on any atom is -0.326 e. The van der Waals surface area contributed by atoms with E-state index in [2.05, 4.69) is 20.4 Å². The van der Waals surface area contributed by atoms with Crippen LogP contribution in [-0.2, 0) is 4.79 Å². The molecule has 0 aliphatic carbocycles. The number of hydrogen-bond donors (Lipinski definition) is 1. The van der Waals surface area contributed by atoms with Crippen molar-refractivity contribution in [3.63, 3.8) is 0 Å². The van der Waals surface area contributed by atoms with E-state index in [9.17, 15) is 4.79 Å². The molecule has 0 aliphatic rings. The number of aromatic nitrogens is 4. The van der Waals surface area contributed by atoms with E-state index in [4.69, 9.17) is 0 Å². The van der Waals surface area contributed by atoms with Crippen molar-refractivity contribution in [3.8, 4) is 0 Å². The minimum atomic E-state index is 0.00956. The van der Waals surface area contributed by atoms with Crippen LogP contribution in [0.2, 0.25) is 0 Å². The van der Waals surface area contributed by atoms with E-state index in [-0.39, 0.29) is 5.91 Å². The van der Waals surface area contributed by atoms with Gasteiger partial charge in [0.1, 0.15) is 11.4 Å². The van der Waals surface area contributed by atoms with E-state index in [0.717, 1.165) is 26.9 Å². The Bertz CT molecular complexity index is 857. The molecular formula is C16H17N5OS. The van der Waals surface area contributed by atoms with Gasteiger partial charge in [0.05, 0.1) is 0 Å². The molecule has 0 unspecified atom stereocenters. The van der Waals surface area contributed by atoms with Gasteiger partial charge in [-0.15, -0.1) is 0 Å². The Morgan fingerprint density at radius 1 is 1.26 bits per heavy atom. The Labute approximate surface area is 138 Å². The van der Waals surface area contributed by atoms with Gasteiger partial charge in [0, 0.05) is 28.3 Å². The Kier molecular flexibility index (Phi) is 4.29. The Morgan fingerprint density at radius 3 is 2.70 bits per heavy atom. The molecule has 1 amide bonds. The van der Waals surface area contributed by atoms with E-state index in [1.165, 1.54) is 6.33 Å². The molecule has 0 saturated carbocycles. The van der Waals surface area contributed by atoms with E-state index in [1.807, 2.05) is 45.0 Å². The number of fused-ring (bicyclic) bond motifs is 1. The average Bonchev–Trinajstić information content (AvgIpc) is 3.01. The largest absolute Gasteiger partial charge is 0.326 e. The van der Waals surface area contributed by atoms with Crippen molar-refractivity contribution < 1.29 is 4.79 Å². The van der Waals surface area contributed by atoms with Gasteiger partial charge in [0.15, 0.2) is 0 Å². The normalized spacial score (nSPS) is 10.9. The quantitative estimate of drug-likeness (QED) is 0.745. The summed E-state index contributed by atoms with van der Waals surface area (Å²) in [6.07, 6.45) is 1.98. The highest BCUT2D eigenvalue weighted by Gasteiger charge is 2.12. The molecule has 23 heavy (non-hydrogen) atoms. The number of benzene rings is 1. The third-order valence-corrected chi connectivity index (χ3v) is 4.71. The number of carbonyl (C=O) groups excluding carboxylic acids is 1. The van der Waals surface area contributed by atoms with Crippen LogP contribution < -0.4 is 5.32 Å². The highest BCUT2D eigenvalue weighted by molar-refractivity contribution is 7.99. The molecule has 2 heterocycles. The molecule has 0 atom stereocenters.